The molecule has 1 unspecified atom stereocenters. The molecule has 1 aromatic rings. The molecule has 2 heterocycles. The lowest BCUT2D eigenvalue weighted by Gasteiger charge is -2.21. The first-order valence-corrected chi connectivity index (χ1v) is 7.11. The van der Waals surface area contributed by atoms with Crippen molar-refractivity contribution >= 4 is 17.5 Å². The summed E-state index contributed by atoms with van der Waals surface area (Å²) >= 11 is 0. The van der Waals surface area contributed by atoms with Gasteiger partial charge in [0.25, 0.3) is 0 Å². The van der Waals surface area contributed by atoms with Gasteiger partial charge in [0, 0.05) is 30.3 Å². The molecule has 0 spiro atoms. The van der Waals surface area contributed by atoms with Crippen LogP contribution in [-0.4, -0.2) is 10.8 Å². The molecule has 0 fully saturated rings. The molecule has 1 atom stereocenters. The number of nitriles is 1. The Bertz CT molecular complexity index is 735. The minimum absolute atomic E-state index is 0.218. The lowest BCUT2D eigenvalue weighted by atomic mass is 9.92. The van der Waals surface area contributed by atoms with E-state index >= 15 is 0 Å². The Morgan fingerprint density at radius 2 is 2.40 bits per heavy atom. The zero-order valence-corrected chi connectivity index (χ0v) is 11.2. The fourth-order valence-electron chi connectivity index (χ4n) is 3.35. The van der Waals surface area contributed by atoms with E-state index in [1.807, 2.05) is 6.21 Å². The van der Waals surface area contributed by atoms with Gasteiger partial charge in [0.2, 0.25) is 0 Å². The second-order valence-electron chi connectivity index (χ2n) is 5.48. The molecule has 0 radical (unpaired) electrons. The van der Waals surface area contributed by atoms with Gasteiger partial charge in [0.05, 0.1) is 23.2 Å². The van der Waals surface area contributed by atoms with Gasteiger partial charge in [-0.1, -0.05) is 12.2 Å². The topological polar surface area (TPSA) is 41.1 Å². The molecule has 2 aliphatic carbocycles. The SMILES string of the molecule is N#CCC1CC=CC2=C1N=CC1=CCCc3ccn2c31. The van der Waals surface area contributed by atoms with Crippen molar-refractivity contribution in [3.8, 4) is 6.07 Å². The highest BCUT2D eigenvalue weighted by molar-refractivity contribution is 6.12. The quantitative estimate of drug-likeness (QED) is 0.762. The van der Waals surface area contributed by atoms with E-state index < -0.39 is 0 Å². The third-order valence-corrected chi connectivity index (χ3v) is 4.31. The first-order chi connectivity index (χ1) is 9.88. The third kappa shape index (κ3) is 1.55. The highest BCUT2D eigenvalue weighted by Gasteiger charge is 2.26. The Kier molecular flexibility index (Phi) is 2.50. The molecule has 1 aromatic heterocycles. The van der Waals surface area contributed by atoms with Crippen molar-refractivity contribution < 1.29 is 0 Å². The van der Waals surface area contributed by atoms with Gasteiger partial charge in [-0.25, -0.2) is 0 Å². The standard InChI is InChI=1S/C17H15N3/c18-9-7-12-3-2-6-15-16(12)19-11-14-5-1-4-13-8-10-20(15)17(13)14/h2,5-6,8,10-12H,1,3-4,7H2. The van der Waals surface area contributed by atoms with Gasteiger partial charge >= 0.3 is 0 Å². The largest absolute Gasteiger partial charge is 0.314 e. The van der Waals surface area contributed by atoms with Crippen LogP contribution in [-0.2, 0) is 6.42 Å². The van der Waals surface area contributed by atoms with Crippen molar-refractivity contribution in [2.45, 2.75) is 25.7 Å². The summed E-state index contributed by atoms with van der Waals surface area (Å²) in [6, 6.07) is 4.51. The maximum Gasteiger partial charge on any atom is 0.0687 e. The summed E-state index contributed by atoms with van der Waals surface area (Å²) in [6.07, 6.45) is 14.3. The number of aromatic nitrogens is 1. The Morgan fingerprint density at radius 1 is 1.45 bits per heavy atom. The number of fused-ring (bicyclic) bond motifs is 1. The zero-order valence-electron chi connectivity index (χ0n) is 11.2. The van der Waals surface area contributed by atoms with Crippen molar-refractivity contribution in [2.75, 3.05) is 0 Å². The van der Waals surface area contributed by atoms with E-state index in [-0.39, 0.29) is 5.92 Å². The van der Waals surface area contributed by atoms with Gasteiger partial charge in [0.15, 0.2) is 0 Å². The summed E-state index contributed by atoms with van der Waals surface area (Å²) in [6.45, 7) is 0. The molecule has 0 bridgehead atoms. The highest BCUT2D eigenvalue weighted by atomic mass is 15.0. The van der Waals surface area contributed by atoms with E-state index in [2.05, 4.69) is 41.1 Å². The van der Waals surface area contributed by atoms with Crippen molar-refractivity contribution in [1.29, 1.82) is 5.26 Å². The predicted octanol–water partition coefficient (Wildman–Crippen LogP) is 3.56. The molecule has 3 heteroatoms. The Morgan fingerprint density at radius 3 is 3.30 bits per heavy atom. The molecule has 3 nitrogen and oxygen atoms in total. The van der Waals surface area contributed by atoms with Crippen LogP contribution in [0.4, 0.5) is 0 Å². The minimum atomic E-state index is 0.218. The lowest BCUT2D eigenvalue weighted by Crippen LogP contribution is -2.10. The second kappa shape index (κ2) is 4.35. The minimum Gasteiger partial charge on any atom is -0.314 e. The summed E-state index contributed by atoms with van der Waals surface area (Å²) in [7, 11) is 0. The van der Waals surface area contributed by atoms with E-state index in [1.165, 1.54) is 16.8 Å². The Labute approximate surface area is 118 Å². The molecule has 20 heavy (non-hydrogen) atoms. The van der Waals surface area contributed by atoms with Gasteiger partial charge in [-0.05, 0) is 37.0 Å². The van der Waals surface area contributed by atoms with Crippen LogP contribution in [0.2, 0.25) is 0 Å². The van der Waals surface area contributed by atoms with Gasteiger partial charge < -0.3 is 4.57 Å². The number of nitrogens with zero attached hydrogens (tertiary/aromatic N) is 3. The van der Waals surface area contributed by atoms with Crippen molar-refractivity contribution in [1.82, 2.24) is 4.57 Å². The average Bonchev–Trinajstić information content (AvgIpc) is 2.82. The normalized spacial score (nSPS) is 22.8. The van der Waals surface area contributed by atoms with E-state index in [0.29, 0.717) is 6.42 Å². The summed E-state index contributed by atoms with van der Waals surface area (Å²) in [4.78, 5) is 4.72. The highest BCUT2D eigenvalue weighted by Crippen LogP contribution is 2.38. The monoisotopic (exact) mass is 261 g/mol. The van der Waals surface area contributed by atoms with Crippen LogP contribution < -0.4 is 0 Å². The third-order valence-electron chi connectivity index (χ3n) is 4.31. The van der Waals surface area contributed by atoms with Gasteiger partial charge in [0.1, 0.15) is 0 Å². The summed E-state index contributed by atoms with van der Waals surface area (Å²) in [5, 5.41) is 9.02. The van der Waals surface area contributed by atoms with E-state index in [1.54, 1.807) is 0 Å². The fourth-order valence-corrected chi connectivity index (χ4v) is 3.35. The molecule has 4 rings (SSSR count). The van der Waals surface area contributed by atoms with Gasteiger partial charge in [-0.3, -0.25) is 4.99 Å². The molecule has 1 aliphatic heterocycles. The number of aryl methyl sites for hydroxylation is 1. The molecule has 0 saturated heterocycles. The molecular formula is C17H15N3. The maximum absolute atomic E-state index is 9.02. The van der Waals surface area contributed by atoms with Crippen LogP contribution in [0.3, 0.4) is 0 Å². The average molecular weight is 261 g/mol. The first-order valence-electron chi connectivity index (χ1n) is 7.11. The van der Waals surface area contributed by atoms with E-state index in [0.717, 1.165) is 30.7 Å². The van der Waals surface area contributed by atoms with Crippen LogP contribution in [0, 0.1) is 17.2 Å². The Balaban J connectivity index is 1.94. The van der Waals surface area contributed by atoms with E-state index in [4.69, 9.17) is 10.3 Å². The van der Waals surface area contributed by atoms with Crippen LogP contribution in [0.25, 0.3) is 11.3 Å². The molecule has 98 valence electrons. The molecule has 0 aromatic carbocycles. The zero-order chi connectivity index (χ0) is 13.5. The predicted molar refractivity (Wildman–Crippen MR) is 79.9 cm³/mol. The summed E-state index contributed by atoms with van der Waals surface area (Å²) in [5.74, 6) is 0.218. The molecule has 0 saturated carbocycles. The van der Waals surface area contributed by atoms with E-state index in [9.17, 15) is 0 Å². The molecule has 0 N–H and O–H groups in total. The Hall–Kier alpha value is -2.34. The van der Waals surface area contributed by atoms with Crippen LogP contribution >= 0.6 is 0 Å². The molecule has 3 aliphatic rings. The van der Waals surface area contributed by atoms with Crippen molar-refractivity contribution in [3.63, 3.8) is 0 Å². The first kappa shape index (κ1) is 11.5. The summed E-state index contributed by atoms with van der Waals surface area (Å²) in [5.41, 5.74) is 6.10. The second-order valence-corrected chi connectivity index (χ2v) is 5.48. The van der Waals surface area contributed by atoms with Crippen molar-refractivity contribution in [3.05, 3.63) is 47.4 Å². The number of aliphatic imine (C=N–C) groups is 1. The summed E-state index contributed by atoms with van der Waals surface area (Å²) < 4.78 is 2.25. The number of rotatable bonds is 1. The fraction of sp³-hybridized carbons (Fsp3) is 0.294. The van der Waals surface area contributed by atoms with Crippen LogP contribution in [0.5, 0.6) is 0 Å². The van der Waals surface area contributed by atoms with Crippen LogP contribution in [0.1, 0.15) is 30.5 Å². The van der Waals surface area contributed by atoms with Crippen molar-refractivity contribution in [2.24, 2.45) is 10.9 Å². The number of hydrogen-bond acceptors (Lipinski definition) is 2. The van der Waals surface area contributed by atoms with Gasteiger partial charge in [-0.2, -0.15) is 5.26 Å². The number of allylic oxidation sites excluding steroid dienone is 6. The smallest absolute Gasteiger partial charge is 0.0687 e. The number of hydrogen-bond donors (Lipinski definition) is 0. The molecule has 0 amide bonds. The molecular weight excluding hydrogens is 246 g/mol. The maximum atomic E-state index is 9.02. The lowest BCUT2D eigenvalue weighted by molar-refractivity contribution is 0.625. The van der Waals surface area contributed by atoms with Gasteiger partial charge in [-0.15, -0.1) is 0 Å². The van der Waals surface area contributed by atoms with Crippen LogP contribution in [0.15, 0.2) is 41.2 Å².